The number of ether oxygens (including phenoxy) is 1. The summed E-state index contributed by atoms with van der Waals surface area (Å²) >= 11 is 0.835. The highest BCUT2D eigenvalue weighted by Crippen LogP contribution is 2.45. The number of nitro benzene ring substituents is 1. The van der Waals surface area contributed by atoms with Crippen molar-refractivity contribution in [2.24, 2.45) is 5.10 Å². The molecule has 8 nitrogen and oxygen atoms in total. The van der Waals surface area contributed by atoms with Gasteiger partial charge in [-0.3, -0.25) is 10.1 Å². The maximum absolute atomic E-state index is 13.9. The van der Waals surface area contributed by atoms with Crippen molar-refractivity contribution >= 4 is 27.9 Å². The van der Waals surface area contributed by atoms with E-state index < -0.39 is 23.2 Å². The van der Waals surface area contributed by atoms with Crippen molar-refractivity contribution in [1.82, 2.24) is 4.98 Å². The van der Waals surface area contributed by atoms with E-state index in [0.29, 0.717) is 21.9 Å². The number of alkyl halides is 3. The smallest absolute Gasteiger partial charge is 0.438 e. The van der Waals surface area contributed by atoms with Gasteiger partial charge in [-0.25, -0.2) is 4.98 Å². The summed E-state index contributed by atoms with van der Waals surface area (Å²) in [5.74, 6) is 0.525. The number of benzene rings is 2. The molecule has 1 aliphatic rings. The van der Waals surface area contributed by atoms with Crippen molar-refractivity contribution in [3.05, 3.63) is 69.6 Å². The Morgan fingerprint density at radius 1 is 1.22 bits per heavy atom. The molecule has 0 bridgehead atoms. The van der Waals surface area contributed by atoms with Gasteiger partial charge >= 0.3 is 6.18 Å². The van der Waals surface area contributed by atoms with Crippen LogP contribution in [0.1, 0.15) is 12.0 Å². The highest BCUT2D eigenvalue weighted by molar-refractivity contribution is 7.14. The van der Waals surface area contributed by atoms with Gasteiger partial charge in [-0.15, -0.1) is 11.3 Å². The summed E-state index contributed by atoms with van der Waals surface area (Å²) in [5.41, 5.74) is -2.46. The van der Waals surface area contributed by atoms with Gasteiger partial charge in [0.05, 0.1) is 29.9 Å². The number of hydrazone groups is 1. The summed E-state index contributed by atoms with van der Waals surface area (Å²) in [6.07, 6.45) is -5.82. The molecule has 0 unspecified atom stereocenters. The van der Waals surface area contributed by atoms with Gasteiger partial charge in [-0.05, 0) is 29.8 Å². The van der Waals surface area contributed by atoms with Gasteiger partial charge in [0, 0.05) is 23.1 Å². The van der Waals surface area contributed by atoms with Crippen LogP contribution in [0.25, 0.3) is 11.3 Å². The van der Waals surface area contributed by atoms with Crippen molar-refractivity contribution in [3.8, 4) is 17.0 Å². The molecule has 1 atom stereocenters. The molecule has 2 heterocycles. The summed E-state index contributed by atoms with van der Waals surface area (Å²) in [5, 5.41) is 27.4. The molecule has 3 aromatic rings. The molecule has 0 amide bonds. The Kier molecular flexibility index (Phi) is 5.34. The molecule has 0 radical (unpaired) electrons. The van der Waals surface area contributed by atoms with Crippen LogP contribution in [0.2, 0.25) is 0 Å². The van der Waals surface area contributed by atoms with Gasteiger partial charge in [-0.1, -0.05) is 12.1 Å². The van der Waals surface area contributed by atoms with Crippen LogP contribution in [-0.4, -0.2) is 39.7 Å². The van der Waals surface area contributed by atoms with Crippen LogP contribution in [0.5, 0.6) is 5.75 Å². The Labute approximate surface area is 183 Å². The SMILES string of the molecule is COc1ccc(C2=NN(c3nc(-c4cccc([N+](=O)[O-])c4)cs3)[C@@](O)(C(F)(F)F)C2)cc1. The summed E-state index contributed by atoms with van der Waals surface area (Å²) in [6.45, 7) is 0. The monoisotopic (exact) mass is 464 g/mol. The van der Waals surface area contributed by atoms with Crippen LogP contribution in [0, 0.1) is 10.1 Å². The third-order valence-electron chi connectivity index (χ3n) is 4.89. The van der Waals surface area contributed by atoms with E-state index in [2.05, 4.69) is 10.1 Å². The number of aromatic nitrogens is 1. The molecule has 4 rings (SSSR count). The predicted molar refractivity (Wildman–Crippen MR) is 112 cm³/mol. The minimum Gasteiger partial charge on any atom is -0.497 e. The van der Waals surface area contributed by atoms with E-state index in [1.807, 2.05) is 0 Å². The lowest BCUT2D eigenvalue weighted by molar-refractivity contribution is -0.384. The van der Waals surface area contributed by atoms with Crippen molar-refractivity contribution in [1.29, 1.82) is 0 Å². The summed E-state index contributed by atoms with van der Waals surface area (Å²) in [4.78, 5) is 14.6. The normalized spacial score (nSPS) is 18.5. The molecule has 0 saturated carbocycles. The fourth-order valence-electron chi connectivity index (χ4n) is 3.18. The van der Waals surface area contributed by atoms with E-state index in [9.17, 15) is 28.4 Å². The molecular weight excluding hydrogens is 449 g/mol. The minimum atomic E-state index is -5.03. The molecule has 12 heteroatoms. The average Bonchev–Trinajstić information content (AvgIpc) is 3.39. The average molecular weight is 464 g/mol. The van der Waals surface area contributed by atoms with Crippen LogP contribution in [0.15, 0.2) is 59.0 Å². The van der Waals surface area contributed by atoms with Crippen LogP contribution in [0.3, 0.4) is 0 Å². The maximum Gasteiger partial charge on any atom is 0.438 e. The second-order valence-corrected chi connectivity index (χ2v) is 7.74. The van der Waals surface area contributed by atoms with Crippen LogP contribution >= 0.6 is 11.3 Å². The van der Waals surface area contributed by atoms with E-state index in [4.69, 9.17) is 4.74 Å². The number of thiazole rings is 1. The summed E-state index contributed by atoms with van der Waals surface area (Å²) in [7, 11) is 1.47. The van der Waals surface area contributed by atoms with Crippen molar-refractivity contribution in [2.45, 2.75) is 18.3 Å². The second kappa shape index (κ2) is 7.88. The first-order chi connectivity index (χ1) is 15.1. The van der Waals surface area contributed by atoms with Gasteiger partial charge in [0.1, 0.15) is 5.75 Å². The molecule has 2 aromatic carbocycles. The molecule has 32 heavy (non-hydrogen) atoms. The zero-order valence-electron chi connectivity index (χ0n) is 16.4. The molecule has 1 aliphatic heterocycles. The van der Waals surface area contributed by atoms with E-state index in [0.717, 1.165) is 11.3 Å². The molecular formula is C20H15F3N4O4S. The molecule has 0 aliphatic carbocycles. The van der Waals surface area contributed by atoms with Crippen molar-refractivity contribution in [3.63, 3.8) is 0 Å². The van der Waals surface area contributed by atoms with Gasteiger partial charge in [0.2, 0.25) is 5.13 Å². The highest BCUT2D eigenvalue weighted by atomic mass is 32.1. The van der Waals surface area contributed by atoms with Crippen LogP contribution in [-0.2, 0) is 0 Å². The molecule has 1 N–H and O–H groups in total. The standard InChI is InChI=1S/C20H15F3N4O4S/c1-31-15-7-5-12(6-8-15)16-10-19(28,20(21,22)23)26(25-16)18-24-17(11-32-18)13-3-2-4-14(9-13)27(29)30/h2-9,11,28H,10H2,1H3/t19-/m0/s1. The number of hydrogen-bond acceptors (Lipinski definition) is 8. The number of nitrogens with zero attached hydrogens (tertiary/aromatic N) is 4. The number of rotatable bonds is 5. The van der Waals surface area contributed by atoms with E-state index in [1.54, 1.807) is 30.3 Å². The van der Waals surface area contributed by atoms with Gasteiger partial charge in [0.15, 0.2) is 0 Å². The number of methoxy groups -OCH3 is 1. The van der Waals surface area contributed by atoms with Crippen molar-refractivity contribution < 1.29 is 27.9 Å². The van der Waals surface area contributed by atoms with Gasteiger partial charge in [0.25, 0.3) is 11.4 Å². The minimum absolute atomic E-state index is 0.0274. The largest absolute Gasteiger partial charge is 0.497 e. The third kappa shape index (κ3) is 3.78. The lowest BCUT2D eigenvalue weighted by Gasteiger charge is -2.32. The molecule has 166 valence electrons. The first-order valence-electron chi connectivity index (χ1n) is 9.14. The topological polar surface area (TPSA) is 101 Å². The Balaban J connectivity index is 1.73. The number of nitro groups is 1. The molecule has 0 saturated heterocycles. The van der Waals surface area contributed by atoms with E-state index in [1.165, 1.54) is 30.7 Å². The van der Waals surface area contributed by atoms with Gasteiger partial charge < -0.3 is 9.84 Å². The first-order valence-corrected chi connectivity index (χ1v) is 10.0. The number of aliphatic hydroxyl groups is 1. The fourth-order valence-corrected chi connectivity index (χ4v) is 4.03. The van der Waals surface area contributed by atoms with Crippen LogP contribution < -0.4 is 9.75 Å². The quantitative estimate of drug-likeness (QED) is 0.438. The second-order valence-electron chi connectivity index (χ2n) is 6.90. The third-order valence-corrected chi connectivity index (χ3v) is 5.70. The molecule has 0 spiro atoms. The highest BCUT2D eigenvalue weighted by Gasteiger charge is 2.62. The Morgan fingerprint density at radius 3 is 2.56 bits per heavy atom. The fraction of sp³-hybridized carbons (Fsp3) is 0.200. The summed E-state index contributed by atoms with van der Waals surface area (Å²) < 4.78 is 46.7. The zero-order valence-corrected chi connectivity index (χ0v) is 17.2. The van der Waals surface area contributed by atoms with Gasteiger partial charge in [-0.2, -0.15) is 23.3 Å². The lowest BCUT2D eigenvalue weighted by atomic mass is 10.0. The van der Waals surface area contributed by atoms with Crippen molar-refractivity contribution in [2.75, 3.05) is 12.1 Å². The Morgan fingerprint density at radius 2 is 1.94 bits per heavy atom. The zero-order chi connectivity index (χ0) is 23.1. The first kappa shape index (κ1) is 21.7. The predicted octanol–water partition coefficient (Wildman–Crippen LogP) is 4.59. The Bertz CT molecular complexity index is 1200. The maximum atomic E-state index is 13.9. The van der Waals surface area contributed by atoms with E-state index >= 15 is 0 Å². The molecule has 1 aromatic heterocycles. The number of anilines is 1. The summed E-state index contributed by atoms with van der Waals surface area (Å²) in [6, 6.07) is 11.8. The van der Waals surface area contributed by atoms with Crippen LogP contribution in [0.4, 0.5) is 24.0 Å². The number of hydrogen-bond donors (Lipinski definition) is 1. The number of halogens is 3. The van der Waals surface area contributed by atoms with E-state index in [-0.39, 0.29) is 22.2 Å². The number of non-ortho nitro benzene ring substituents is 1. The molecule has 0 fully saturated rings. The Hall–Kier alpha value is -3.51. The lowest BCUT2D eigenvalue weighted by Crippen LogP contribution is -2.55.